The molecule has 1 aliphatic rings. The Bertz CT molecular complexity index is 601. The number of aromatic nitrogens is 2. The predicted molar refractivity (Wildman–Crippen MR) is 83.1 cm³/mol. The molecule has 112 valence electrons. The number of ether oxygens (including phenoxy) is 2. The molecule has 0 radical (unpaired) electrons. The lowest BCUT2D eigenvalue weighted by Crippen LogP contribution is -2.20. The van der Waals surface area contributed by atoms with Crippen LogP contribution in [0.15, 0.2) is 29.4 Å². The van der Waals surface area contributed by atoms with Gasteiger partial charge in [-0.15, -0.1) is 11.8 Å². The predicted octanol–water partition coefficient (Wildman–Crippen LogP) is 2.75. The highest BCUT2D eigenvalue weighted by molar-refractivity contribution is 7.98. The van der Waals surface area contributed by atoms with Gasteiger partial charge in [0, 0.05) is 23.8 Å². The smallest absolute Gasteiger partial charge is 0.162 e. The van der Waals surface area contributed by atoms with Gasteiger partial charge in [-0.1, -0.05) is 0 Å². The third-order valence-electron chi connectivity index (χ3n) is 3.47. The van der Waals surface area contributed by atoms with E-state index >= 15 is 0 Å². The monoisotopic (exact) mass is 305 g/mol. The van der Waals surface area contributed by atoms with Crippen LogP contribution in [0.3, 0.4) is 0 Å². The SMILES string of the molecule is CSc1cc2c(cc1CNC(C)c1ncc[nH]1)OCCO2. The van der Waals surface area contributed by atoms with Crippen molar-refractivity contribution in [1.29, 1.82) is 0 Å². The van der Waals surface area contributed by atoms with E-state index in [0.717, 1.165) is 23.9 Å². The van der Waals surface area contributed by atoms with Crippen LogP contribution in [0, 0.1) is 0 Å². The van der Waals surface area contributed by atoms with E-state index in [2.05, 4.69) is 40.6 Å². The lowest BCUT2D eigenvalue weighted by molar-refractivity contribution is 0.171. The molecule has 3 rings (SSSR count). The van der Waals surface area contributed by atoms with Crippen LogP contribution < -0.4 is 14.8 Å². The second kappa shape index (κ2) is 6.41. The molecule has 1 atom stereocenters. The number of rotatable bonds is 5. The summed E-state index contributed by atoms with van der Waals surface area (Å²) in [5, 5.41) is 3.48. The van der Waals surface area contributed by atoms with Crippen LogP contribution in [0.1, 0.15) is 24.4 Å². The maximum Gasteiger partial charge on any atom is 0.162 e. The fraction of sp³-hybridized carbons (Fsp3) is 0.400. The first-order valence-electron chi connectivity index (χ1n) is 6.97. The Morgan fingerprint density at radius 3 is 2.76 bits per heavy atom. The molecule has 0 saturated heterocycles. The van der Waals surface area contributed by atoms with Gasteiger partial charge in [-0.25, -0.2) is 4.98 Å². The molecule has 2 aromatic rings. The Balaban J connectivity index is 1.75. The molecule has 5 nitrogen and oxygen atoms in total. The fourth-order valence-electron chi connectivity index (χ4n) is 2.31. The lowest BCUT2D eigenvalue weighted by atomic mass is 10.1. The maximum atomic E-state index is 5.66. The van der Waals surface area contributed by atoms with E-state index in [0.29, 0.717) is 13.2 Å². The van der Waals surface area contributed by atoms with Crippen LogP contribution in [0.25, 0.3) is 0 Å². The summed E-state index contributed by atoms with van der Waals surface area (Å²) in [4.78, 5) is 8.61. The van der Waals surface area contributed by atoms with E-state index in [-0.39, 0.29) is 6.04 Å². The Hall–Kier alpha value is -1.66. The molecule has 0 bridgehead atoms. The van der Waals surface area contributed by atoms with Gasteiger partial charge < -0.3 is 19.8 Å². The molecule has 1 aromatic carbocycles. The number of imidazole rings is 1. The standard InChI is InChI=1S/C15H19N3O2S/c1-10(15-16-3-4-17-15)18-9-11-7-12-13(8-14(11)21-2)20-6-5-19-12/h3-4,7-8,10,18H,5-6,9H2,1-2H3,(H,16,17). The number of nitrogens with one attached hydrogen (secondary N) is 2. The zero-order valence-corrected chi connectivity index (χ0v) is 13.0. The molecule has 1 unspecified atom stereocenters. The molecular weight excluding hydrogens is 286 g/mol. The third kappa shape index (κ3) is 3.16. The van der Waals surface area contributed by atoms with E-state index in [1.165, 1.54) is 10.5 Å². The quantitative estimate of drug-likeness (QED) is 0.832. The van der Waals surface area contributed by atoms with Crippen LogP contribution in [-0.4, -0.2) is 29.4 Å². The zero-order valence-electron chi connectivity index (χ0n) is 12.2. The van der Waals surface area contributed by atoms with Crippen LogP contribution in [0.5, 0.6) is 11.5 Å². The fourth-order valence-corrected chi connectivity index (χ4v) is 2.93. The van der Waals surface area contributed by atoms with E-state index in [9.17, 15) is 0 Å². The molecule has 0 fully saturated rings. The number of hydrogen-bond donors (Lipinski definition) is 2. The average molecular weight is 305 g/mol. The molecule has 6 heteroatoms. The third-order valence-corrected chi connectivity index (χ3v) is 4.29. The van der Waals surface area contributed by atoms with E-state index in [1.54, 1.807) is 18.0 Å². The Labute approximate surface area is 128 Å². The molecule has 1 aromatic heterocycles. The van der Waals surface area contributed by atoms with Crippen LogP contribution >= 0.6 is 11.8 Å². The minimum atomic E-state index is 0.169. The van der Waals surface area contributed by atoms with Crippen molar-refractivity contribution in [2.75, 3.05) is 19.5 Å². The minimum Gasteiger partial charge on any atom is -0.486 e. The molecule has 1 aliphatic heterocycles. The summed E-state index contributed by atoms with van der Waals surface area (Å²) in [6.45, 7) is 4.08. The Morgan fingerprint density at radius 1 is 1.33 bits per heavy atom. The minimum absolute atomic E-state index is 0.169. The van der Waals surface area contributed by atoms with Gasteiger partial charge in [0.2, 0.25) is 0 Å². The number of fused-ring (bicyclic) bond motifs is 1. The summed E-state index contributed by atoms with van der Waals surface area (Å²) >= 11 is 1.72. The van der Waals surface area contributed by atoms with Gasteiger partial charge >= 0.3 is 0 Å². The zero-order chi connectivity index (χ0) is 14.7. The molecule has 0 spiro atoms. The van der Waals surface area contributed by atoms with Gasteiger partial charge in [0.1, 0.15) is 19.0 Å². The Morgan fingerprint density at radius 2 is 2.10 bits per heavy atom. The van der Waals surface area contributed by atoms with Gasteiger partial charge in [-0.3, -0.25) is 0 Å². The van der Waals surface area contributed by atoms with Crippen molar-refractivity contribution in [3.63, 3.8) is 0 Å². The number of H-pyrrole nitrogens is 1. The summed E-state index contributed by atoms with van der Waals surface area (Å²) in [5.74, 6) is 2.62. The number of nitrogens with zero attached hydrogens (tertiary/aromatic N) is 1. The van der Waals surface area contributed by atoms with E-state index < -0.39 is 0 Å². The number of thioether (sulfide) groups is 1. The first-order chi connectivity index (χ1) is 10.3. The van der Waals surface area contributed by atoms with E-state index in [4.69, 9.17) is 9.47 Å². The molecule has 0 saturated carbocycles. The summed E-state index contributed by atoms with van der Waals surface area (Å²) in [6, 6.07) is 4.30. The normalized spacial score (nSPS) is 15.0. The van der Waals surface area contributed by atoms with Crippen molar-refractivity contribution in [3.05, 3.63) is 35.9 Å². The summed E-state index contributed by atoms with van der Waals surface area (Å²) in [7, 11) is 0. The highest BCUT2D eigenvalue weighted by atomic mass is 32.2. The van der Waals surface area contributed by atoms with Gasteiger partial charge in [0.05, 0.1) is 6.04 Å². The van der Waals surface area contributed by atoms with Gasteiger partial charge in [-0.05, 0) is 30.9 Å². The highest BCUT2D eigenvalue weighted by Crippen LogP contribution is 2.36. The second-order valence-corrected chi connectivity index (χ2v) is 5.73. The largest absolute Gasteiger partial charge is 0.486 e. The van der Waals surface area contributed by atoms with Crippen molar-refractivity contribution in [2.24, 2.45) is 0 Å². The van der Waals surface area contributed by atoms with E-state index in [1.807, 2.05) is 6.20 Å². The molecule has 2 heterocycles. The number of aromatic amines is 1. The Kier molecular flexibility index (Phi) is 4.36. The van der Waals surface area contributed by atoms with Gasteiger partial charge in [-0.2, -0.15) is 0 Å². The number of hydrogen-bond acceptors (Lipinski definition) is 5. The lowest BCUT2D eigenvalue weighted by Gasteiger charge is -2.21. The van der Waals surface area contributed by atoms with Crippen molar-refractivity contribution in [1.82, 2.24) is 15.3 Å². The summed E-state index contributed by atoms with van der Waals surface area (Å²) in [5.41, 5.74) is 1.21. The summed E-state index contributed by atoms with van der Waals surface area (Å²) in [6.07, 6.45) is 5.68. The van der Waals surface area contributed by atoms with Gasteiger partial charge in [0.15, 0.2) is 11.5 Å². The average Bonchev–Trinajstić information content (AvgIpc) is 3.06. The maximum absolute atomic E-state index is 5.66. The van der Waals surface area contributed by atoms with Crippen LogP contribution in [0.2, 0.25) is 0 Å². The molecular formula is C15H19N3O2S. The van der Waals surface area contributed by atoms with Crippen molar-refractivity contribution < 1.29 is 9.47 Å². The topological polar surface area (TPSA) is 59.2 Å². The molecule has 0 amide bonds. The first kappa shape index (κ1) is 14.3. The highest BCUT2D eigenvalue weighted by Gasteiger charge is 2.16. The second-order valence-electron chi connectivity index (χ2n) is 4.88. The van der Waals surface area contributed by atoms with Crippen molar-refractivity contribution >= 4 is 11.8 Å². The van der Waals surface area contributed by atoms with Crippen LogP contribution in [0.4, 0.5) is 0 Å². The molecule has 21 heavy (non-hydrogen) atoms. The number of benzene rings is 1. The molecule has 0 aliphatic carbocycles. The van der Waals surface area contributed by atoms with Crippen LogP contribution in [-0.2, 0) is 6.54 Å². The first-order valence-corrected chi connectivity index (χ1v) is 8.19. The summed E-state index contributed by atoms with van der Waals surface area (Å²) < 4.78 is 11.3. The molecule has 2 N–H and O–H groups in total. The van der Waals surface area contributed by atoms with Crippen molar-refractivity contribution in [3.8, 4) is 11.5 Å². The van der Waals surface area contributed by atoms with Crippen molar-refractivity contribution in [2.45, 2.75) is 24.4 Å². The van der Waals surface area contributed by atoms with Gasteiger partial charge in [0.25, 0.3) is 0 Å².